The van der Waals surface area contributed by atoms with Crippen molar-refractivity contribution in [2.45, 2.75) is 38.0 Å². The summed E-state index contributed by atoms with van der Waals surface area (Å²) in [5.74, 6) is -0.586. The summed E-state index contributed by atoms with van der Waals surface area (Å²) in [5.41, 5.74) is -0.419. The Labute approximate surface area is 131 Å². The highest BCUT2D eigenvalue weighted by atomic mass is 16.6. The Bertz CT molecular complexity index is 887. The maximum Gasteiger partial charge on any atom is 0.338 e. The van der Waals surface area contributed by atoms with Gasteiger partial charge in [-0.25, -0.2) is 4.79 Å². The fraction of sp³-hybridized carbons (Fsp3) is 0.353. The Hall–Kier alpha value is -2.47. The highest BCUT2D eigenvalue weighted by Gasteiger charge is 2.48. The molecule has 2 aromatic rings. The van der Waals surface area contributed by atoms with E-state index in [1.54, 1.807) is 43.5 Å². The van der Waals surface area contributed by atoms with Crippen molar-refractivity contribution < 1.29 is 9.53 Å². The van der Waals surface area contributed by atoms with E-state index in [4.69, 9.17) is 4.74 Å². The van der Waals surface area contributed by atoms with Crippen LogP contribution in [0, 0.1) is 6.92 Å². The fourth-order valence-corrected chi connectivity index (χ4v) is 3.30. The van der Waals surface area contributed by atoms with Crippen LogP contribution < -0.4 is 11.2 Å². The Balaban J connectivity index is 1.83. The Kier molecular flexibility index (Phi) is 3.09. The molecule has 6 nitrogen and oxygen atoms in total. The molecule has 23 heavy (non-hydrogen) atoms. The van der Waals surface area contributed by atoms with Crippen molar-refractivity contribution >= 4 is 5.91 Å². The topological polar surface area (TPSA) is 73.6 Å². The molecule has 1 saturated heterocycles. The normalized spacial score (nSPS) is 25.2. The molecule has 0 radical (unpaired) electrons. The van der Waals surface area contributed by atoms with E-state index in [0.717, 1.165) is 17.4 Å². The zero-order valence-electron chi connectivity index (χ0n) is 12.6. The number of carbonyl (C=O) groups excluding carboxylic acids is 1. The van der Waals surface area contributed by atoms with E-state index in [9.17, 15) is 14.4 Å². The van der Waals surface area contributed by atoms with Crippen molar-refractivity contribution in [2.24, 2.45) is 0 Å². The summed E-state index contributed by atoms with van der Waals surface area (Å²) in [6.07, 6.45) is 3.51. The summed E-state index contributed by atoms with van der Waals surface area (Å²) in [7, 11) is 0. The van der Waals surface area contributed by atoms with Crippen molar-refractivity contribution in [3.8, 4) is 0 Å². The molecule has 0 spiro atoms. The highest BCUT2D eigenvalue weighted by Crippen LogP contribution is 2.43. The van der Waals surface area contributed by atoms with Crippen molar-refractivity contribution in [1.29, 1.82) is 0 Å². The van der Waals surface area contributed by atoms with Gasteiger partial charge in [0, 0.05) is 23.4 Å². The summed E-state index contributed by atoms with van der Waals surface area (Å²) < 4.78 is 7.66. The number of aryl methyl sites for hydroxylation is 1. The van der Waals surface area contributed by atoms with Crippen LogP contribution in [0.5, 0.6) is 0 Å². The van der Waals surface area contributed by atoms with Gasteiger partial charge in [-0.15, -0.1) is 0 Å². The van der Waals surface area contributed by atoms with E-state index in [-0.39, 0.29) is 18.2 Å². The monoisotopic (exact) mass is 312 g/mol. The largest absolute Gasteiger partial charge is 0.369 e. The van der Waals surface area contributed by atoms with Crippen LogP contribution in [-0.4, -0.2) is 27.2 Å². The molecule has 0 N–H and O–H groups in total. The average molecular weight is 312 g/mol. The van der Waals surface area contributed by atoms with Crippen LogP contribution in [0.25, 0.3) is 0 Å². The molecular formula is C17H16N2O4. The summed E-state index contributed by atoms with van der Waals surface area (Å²) in [4.78, 5) is 37.7. The number of hydrogen-bond acceptors (Lipinski definition) is 4. The summed E-state index contributed by atoms with van der Waals surface area (Å²) in [6.45, 7) is 1.62. The lowest BCUT2D eigenvalue weighted by molar-refractivity contribution is 0.0946. The van der Waals surface area contributed by atoms with Crippen LogP contribution in [0.3, 0.4) is 0 Å². The first kappa shape index (κ1) is 14.1. The molecule has 1 aliphatic heterocycles. The third-order valence-electron chi connectivity index (χ3n) is 4.60. The van der Waals surface area contributed by atoms with Gasteiger partial charge in [0.05, 0.1) is 12.2 Å². The predicted molar refractivity (Wildman–Crippen MR) is 82.8 cm³/mol. The van der Waals surface area contributed by atoms with Crippen molar-refractivity contribution in [2.75, 3.05) is 0 Å². The standard InChI is InChI=1S/C17H16N2O4/c1-10-9-18(12-7-13-14(8-12)23-13)17(22)19(15(10)20)16(21)11-5-3-2-4-6-11/h2-6,9,12-14H,7-8H2,1H3/t12?,13-,14+. The molecule has 1 unspecified atom stereocenters. The first-order chi connectivity index (χ1) is 11.1. The summed E-state index contributed by atoms with van der Waals surface area (Å²) in [6, 6.07) is 8.36. The quantitative estimate of drug-likeness (QED) is 0.779. The minimum atomic E-state index is -0.586. The Morgan fingerprint density at radius 3 is 2.43 bits per heavy atom. The lowest BCUT2D eigenvalue weighted by Gasteiger charge is -2.17. The molecule has 3 atom stereocenters. The number of benzene rings is 1. The van der Waals surface area contributed by atoms with Gasteiger partial charge in [0.2, 0.25) is 0 Å². The first-order valence-corrected chi connectivity index (χ1v) is 7.66. The number of aromatic nitrogens is 2. The number of rotatable bonds is 2. The van der Waals surface area contributed by atoms with Crippen LogP contribution in [0.15, 0.2) is 46.1 Å². The van der Waals surface area contributed by atoms with Gasteiger partial charge >= 0.3 is 5.69 Å². The SMILES string of the molecule is Cc1cn(C2C[C@@H]3O[C@@H]3C2)c(=O)n(C(=O)c2ccccc2)c1=O. The van der Waals surface area contributed by atoms with Gasteiger partial charge in [0.1, 0.15) is 0 Å². The van der Waals surface area contributed by atoms with Gasteiger partial charge < -0.3 is 4.74 Å². The molecule has 1 aromatic heterocycles. The van der Waals surface area contributed by atoms with Crippen LogP contribution >= 0.6 is 0 Å². The maximum absolute atomic E-state index is 12.7. The van der Waals surface area contributed by atoms with Crippen LogP contribution in [0.4, 0.5) is 0 Å². The van der Waals surface area contributed by atoms with E-state index >= 15 is 0 Å². The molecule has 2 heterocycles. The van der Waals surface area contributed by atoms with Crippen LogP contribution in [0.1, 0.15) is 34.8 Å². The first-order valence-electron chi connectivity index (χ1n) is 7.66. The van der Waals surface area contributed by atoms with E-state index in [0.29, 0.717) is 11.1 Å². The second-order valence-corrected chi connectivity index (χ2v) is 6.15. The second kappa shape index (κ2) is 5.03. The molecule has 1 aliphatic carbocycles. The number of fused-ring (bicyclic) bond motifs is 1. The average Bonchev–Trinajstić information content (AvgIpc) is 3.17. The second-order valence-electron chi connectivity index (χ2n) is 6.15. The minimum Gasteiger partial charge on any atom is -0.369 e. The number of carbonyl (C=O) groups is 1. The lowest BCUT2D eigenvalue weighted by atomic mass is 10.2. The number of ether oxygens (including phenoxy) is 1. The van der Waals surface area contributed by atoms with E-state index in [2.05, 4.69) is 0 Å². The van der Waals surface area contributed by atoms with Gasteiger partial charge in [-0.2, -0.15) is 4.57 Å². The van der Waals surface area contributed by atoms with Gasteiger partial charge in [0.15, 0.2) is 0 Å². The molecule has 6 heteroatoms. The molecular weight excluding hydrogens is 296 g/mol. The predicted octanol–water partition coefficient (Wildman–Crippen LogP) is 1.11. The Morgan fingerprint density at radius 2 is 1.78 bits per heavy atom. The summed E-state index contributed by atoms with van der Waals surface area (Å²) >= 11 is 0. The molecule has 2 aliphatic rings. The van der Waals surface area contributed by atoms with E-state index in [1.807, 2.05) is 0 Å². The molecule has 0 amide bonds. The third-order valence-corrected chi connectivity index (χ3v) is 4.60. The van der Waals surface area contributed by atoms with E-state index in [1.165, 1.54) is 4.57 Å². The van der Waals surface area contributed by atoms with Crippen molar-refractivity contribution in [1.82, 2.24) is 9.13 Å². The zero-order chi connectivity index (χ0) is 16.1. The summed E-state index contributed by atoms with van der Waals surface area (Å²) in [5, 5.41) is 0. The molecule has 118 valence electrons. The van der Waals surface area contributed by atoms with E-state index < -0.39 is 17.2 Å². The lowest BCUT2D eigenvalue weighted by Crippen LogP contribution is -2.45. The number of epoxide rings is 1. The minimum absolute atomic E-state index is 0.0135. The number of nitrogens with zero attached hydrogens (tertiary/aromatic N) is 2. The van der Waals surface area contributed by atoms with Crippen molar-refractivity contribution in [3.63, 3.8) is 0 Å². The van der Waals surface area contributed by atoms with Gasteiger partial charge in [-0.1, -0.05) is 18.2 Å². The maximum atomic E-state index is 12.7. The Morgan fingerprint density at radius 1 is 1.13 bits per heavy atom. The highest BCUT2D eigenvalue weighted by molar-refractivity contribution is 5.95. The van der Waals surface area contributed by atoms with Crippen LogP contribution in [-0.2, 0) is 4.74 Å². The molecule has 1 saturated carbocycles. The van der Waals surface area contributed by atoms with Crippen molar-refractivity contribution in [3.05, 3.63) is 68.5 Å². The molecule has 2 fully saturated rings. The fourth-order valence-electron chi connectivity index (χ4n) is 3.30. The smallest absolute Gasteiger partial charge is 0.338 e. The van der Waals surface area contributed by atoms with Gasteiger partial charge in [-0.05, 0) is 31.9 Å². The molecule has 0 bridgehead atoms. The van der Waals surface area contributed by atoms with Gasteiger partial charge in [-0.3, -0.25) is 14.2 Å². The van der Waals surface area contributed by atoms with Crippen LogP contribution in [0.2, 0.25) is 0 Å². The molecule has 1 aromatic carbocycles. The van der Waals surface area contributed by atoms with Gasteiger partial charge in [0.25, 0.3) is 11.5 Å². The molecule has 4 rings (SSSR count). The third kappa shape index (κ3) is 2.26. The number of hydrogen-bond donors (Lipinski definition) is 0. The zero-order valence-corrected chi connectivity index (χ0v) is 12.6.